The first-order valence-electron chi connectivity index (χ1n) is 7.37. The number of nitrogens with one attached hydrogen (secondary N) is 1. The molecule has 0 bridgehead atoms. The molecule has 23 heavy (non-hydrogen) atoms. The number of aryl methyl sites for hydroxylation is 1. The summed E-state index contributed by atoms with van der Waals surface area (Å²) < 4.78 is 5.79. The molecule has 120 valence electrons. The maximum atomic E-state index is 12.5. The highest BCUT2D eigenvalue weighted by Crippen LogP contribution is 2.23. The van der Waals surface area contributed by atoms with E-state index in [1.165, 1.54) is 12.4 Å². The molecule has 8 nitrogen and oxygen atoms in total. The van der Waals surface area contributed by atoms with Crippen LogP contribution in [-0.2, 0) is 4.74 Å². The third-order valence-corrected chi connectivity index (χ3v) is 3.58. The van der Waals surface area contributed by atoms with Gasteiger partial charge in [-0.25, -0.2) is 15.0 Å². The molecule has 1 saturated heterocycles. The molecule has 1 aliphatic rings. The Bertz CT molecular complexity index is 694. The smallest absolute Gasteiger partial charge is 0.274 e. The van der Waals surface area contributed by atoms with Crippen LogP contribution in [0.15, 0.2) is 24.7 Å². The topological polar surface area (TPSA) is 93.1 Å². The highest BCUT2D eigenvalue weighted by molar-refractivity contribution is 5.92. The molecule has 1 aliphatic heterocycles. The average molecular weight is 314 g/mol. The van der Waals surface area contributed by atoms with Gasteiger partial charge >= 0.3 is 0 Å². The van der Waals surface area contributed by atoms with Gasteiger partial charge in [-0.3, -0.25) is 9.78 Å². The van der Waals surface area contributed by atoms with Gasteiger partial charge in [-0.2, -0.15) is 0 Å². The number of hydrogen-bond acceptors (Lipinski definition) is 7. The second-order valence-corrected chi connectivity index (χ2v) is 5.18. The van der Waals surface area contributed by atoms with Gasteiger partial charge in [0.1, 0.15) is 23.4 Å². The van der Waals surface area contributed by atoms with Gasteiger partial charge in [0.25, 0.3) is 5.91 Å². The summed E-state index contributed by atoms with van der Waals surface area (Å²) in [5.74, 6) is 1.24. The lowest BCUT2D eigenvalue weighted by Crippen LogP contribution is -2.42. The molecule has 2 aromatic rings. The van der Waals surface area contributed by atoms with Gasteiger partial charge in [-0.15, -0.1) is 0 Å². The van der Waals surface area contributed by atoms with Crippen LogP contribution in [0.25, 0.3) is 0 Å². The molecule has 0 spiro atoms. The van der Waals surface area contributed by atoms with Crippen molar-refractivity contribution < 1.29 is 9.53 Å². The Hall–Kier alpha value is -2.61. The summed E-state index contributed by atoms with van der Waals surface area (Å²) in [7, 11) is 1.80. The van der Waals surface area contributed by atoms with E-state index in [-0.39, 0.29) is 12.0 Å². The van der Waals surface area contributed by atoms with Crippen molar-refractivity contribution >= 4 is 11.7 Å². The molecule has 1 atom stereocenters. The molecule has 3 heterocycles. The van der Waals surface area contributed by atoms with E-state index >= 15 is 0 Å². The van der Waals surface area contributed by atoms with Crippen LogP contribution in [0.1, 0.15) is 28.1 Å². The van der Waals surface area contributed by atoms with Crippen molar-refractivity contribution in [1.82, 2.24) is 24.8 Å². The van der Waals surface area contributed by atoms with Gasteiger partial charge in [0, 0.05) is 32.1 Å². The van der Waals surface area contributed by atoms with Crippen molar-refractivity contribution in [3.05, 3.63) is 41.9 Å². The lowest BCUT2D eigenvalue weighted by Gasteiger charge is -2.32. The predicted octanol–water partition coefficient (Wildman–Crippen LogP) is 0.830. The summed E-state index contributed by atoms with van der Waals surface area (Å²) in [5, 5.41) is 3.00. The second-order valence-electron chi connectivity index (χ2n) is 5.18. The summed E-state index contributed by atoms with van der Waals surface area (Å²) >= 11 is 0. The molecular weight excluding hydrogens is 296 g/mol. The zero-order valence-corrected chi connectivity index (χ0v) is 13.1. The van der Waals surface area contributed by atoms with Crippen molar-refractivity contribution in [1.29, 1.82) is 0 Å². The summed E-state index contributed by atoms with van der Waals surface area (Å²) in [4.78, 5) is 30.9. The largest absolute Gasteiger partial charge is 0.373 e. The molecule has 2 aromatic heterocycles. The summed E-state index contributed by atoms with van der Waals surface area (Å²) in [6.45, 7) is 3.23. The molecule has 0 radical (unpaired) electrons. The minimum Gasteiger partial charge on any atom is -0.373 e. The van der Waals surface area contributed by atoms with Crippen molar-refractivity contribution in [2.24, 2.45) is 0 Å². The van der Waals surface area contributed by atoms with Crippen LogP contribution >= 0.6 is 0 Å². The molecule has 3 rings (SSSR count). The van der Waals surface area contributed by atoms with Crippen molar-refractivity contribution in [2.75, 3.05) is 32.1 Å². The fourth-order valence-electron chi connectivity index (χ4n) is 2.47. The first-order chi connectivity index (χ1) is 11.2. The SMILES string of the molecule is CNc1cc(C2CN(C(=O)c3cnccn3)CCO2)nc(C)n1. The number of rotatable bonds is 3. The minimum absolute atomic E-state index is 0.147. The molecule has 8 heteroatoms. The summed E-state index contributed by atoms with van der Waals surface area (Å²) in [6.07, 6.45) is 4.25. The Balaban J connectivity index is 1.78. The van der Waals surface area contributed by atoms with Gasteiger partial charge in [-0.05, 0) is 6.92 Å². The zero-order valence-electron chi connectivity index (χ0n) is 13.1. The van der Waals surface area contributed by atoms with Gasteiger partial charge in [0.15, 0.2) is 0 Å². The number of morpholine rings is 1. The lowest BCUT2D eigenvalue weighted by molar-refractivity contribution is -0.0250. The molecule has 1 unspecified atom stereocenters. The maximum Gasteiger partial charge on any atom is 0.274 e. The van der Waals surface area contributed by atoms with Crippen molar-refractivity contribution in [2.45, 2.75) is 13.0 Å². The van der Waals surface area contributed by atoms with E-state index in [0.717, 1.165) is 11.5 Å². The lowest BCUT2D eigenvalue weighted by atomic mass is 10.2. The number of ether oxygens (including phenoxy) is 1. The molecule has 1 N–H and O–H groups in total. The van der Waals surface area contributed by atoms with Gasteiger partial charge in [-0.1, -0.05) is 0 Å². The normalized spacial score (nSPS) is 17.8. The molecule has 0 aliphatic carbocycles. The Morgan fingerprint density at radius 1 is 1.39 bits per heavy atom. The van der Waals surface area contributed by atoms with Crippen LogP contribution in [0.4, 0.5) is 5.82 Å². The molecule has 0 saturated carbocycles. The van der Waals surface area contributed by atoms with Crippen LogP contribution in [0, 0.1) is 6.92 Å². The summed E-state index contributed by atoms with van der Waals surface area (Å²) in [5.41, 5.74) is 1.10. The third kappa shape index (κ3) is 3.42. The fourth-order valence-corrected chi connectivity index (χ4v) is 2.47. The monoisotopic (exact) mass is 314 g/mol. The van der Waals surface area contributed by atoms with Gasteiger partial charge in [0.05, 0.1) is 25.0 Å². The Kier molecular flexibility index (Phi) is 4.42. The first-order valence-corrected chi connectivity index (χ1v) is 7.37. The average Bonchev–Trinajstić information content (AvgIpc) is 2.61. The predicted molar refractivity (Wildman–Crippen MR) is 82.9 cm³/mol. The quantitative estimate of drug-likeness (QED) is 0.897. The third-order valence-electron chi connectivity index (χ3n) is 3.58. The highest BCUT2D eigenvalue weighted by Gasteiger charge is 2.28. The van der Waals surface area contributed by atoms with E-state index in [1.807, 2.05) is 13.0 Å². The Morgan fingerprint density at radius 2 is 2.26 bits per heavy atom. The van der Waals surface area contributed by atoms with Crippen LogP contribution in [0.2, 0.25) is 0 Å². The van der Waals surface area contributed by atoms with Crippen molar-refractivity contribution in [3.63, 3.8) is 0 Å². The van der Waals surface area contributed by atoms with E-state index in [4.69, 9.17) is 4.74 Å². The minimum atomic E-state index is -0.279. The number of carbonyl (C=O) groups excluding carboxylic acids is 1. The standard InChI is InChI=1S/C15H18N6O2/c1-10-19-11(7-14(16-2)20-10)13-9-21(5-6-23-13)15(22)12-8-17-3-4-18-12/h3-4,7-8,13H,5-6,9H2,1-2H3,(H,16,19,20). The Morgan fingerprint density at radius 3 is 3.00 bits per heavy atom. The number of aromatic nitrogens is 4. The number of nitrogens with zero attached hydrogens (tertiary/aromatic N) is 5. The van der Waals surface area contributed by atoms with Crippen LogP contribution in [0.5, 0.6) is 0 Å². The van der Waals surface area contributed by atoms with Crippen LogP contribution in [0.3, 0.4) is 0 Å². The van der Waals surface area contributed by atoms with E-state index in [2.05, 4.69) is 25.3 Å². The van der Waals surface area contributed by atoms with E-state index in [9.17, 15) is 4.79 Å². The van der Waals surface area contributed by atoms with Crippen LogP contribution < -0.4 is 5.32 Å². The number of anilines is 1. The van der Waals surface area contributed by atoms with E-state index in [0.29, 0.717) is 31.2 Å². The zero-order chi connectivity index (χ0) is 16.2. The molecule has 0 aromatic carbocycles. The number of hydrogen-bond donors (Lipinski definition) is 1. The molecule has 1 amide bonds. The highest BCUT2D eigenvalue weighted by atomic mass is 16.5. The van der Waals surface area contributed by atoms with Gasteiger partial charge < -0.3 is 15.0 Å². The van der Waals surface area contributed by atoms with E-state index in [1.54, 1.807) is 18.1 Å². The number of carbonyl (C=O) groups is 1. The summed E-state index contributed by atoms with van der Waals surface area (Å²) in [6, 6.07) is 1.84. The second kappa shape index (κ2) is 6.66. The number of amides is 1. The maximum absolute atomic E-state index is 12.5. The van der Waals surface area contributed by atoms with E-state index < -0.39 is 0 Å². The molecule has 1 fully saturated rings. The van der Waals surface area contributed by atoms with Crippen molar-refractivity contribution in [3.8, 4) is 0 Å². The first kappa shape index (κ1) is 15.3. The van der Waals surface area contributed by atoms with Gasteiger partial charge in [0.2, 0.25) is 0 Å². The van der Waals surface area contributed by atoms with Crippen LogP contribution in [-0.4, -0.2) is 57.5 Å². The molecular formula is C15H18N6O2. The Labute approximate surface area is 134 Å². The fraction of sp³-hybridized carbons (Fsp3) is 0.400.